The average Bonchev–Trinajstić information content (AvgIpc) is 2.56. The van der Waals surface area contributed by atoms with Crippen LogP contribution in [-0.4, -0.2) is 26.6 Å². The van der Waals surface area contributed by atoms with E-state index in [1.807, 2.05) is 13.8 Å². The highest BCUT2D eigenvalue weighted by Crippen LogP contribution is 2.29. The predicted molar refractivity (Wildman–Crippen MR) is 98.8 cm³/mol. The van der Waals surface area contributed by atoms with Crippen LogP contribution in [-0.2, 0) is 10.0 Å². The van der Waals surface area contributed by atoms with E-state index in [-0.39, 0.29) is 10.7 Å². The molecule has 0 fully saturated rings. The number of ether oxygens (including phenoxy) is 1. The van der Waals surface area contributed by atoms with Gasteiger partial charge in [0.1, 0.15) is 16.5 Å². The Morgan fingerprint density at radius 2 is 1.92 bits per heavy atom. The van der Waals surface area contributed by atoms with Crippen molar-refractivity contribution in [3.63, 3.8) is 0 Å². The minimum absolute atomic E-state index is 0.0146. The highest BCUT2D eigenvalue weighted by molar-refractivity contribution is 9.10. The van der Waals surface area contributed by atoms with Crippen LogP contribution in [0.5, 0.6) is 5.75 Å². The molecular formula is C16H20BrN3O3S. The van der Waals surface area contributed by atoms with E-state index in [0.29, 0.717) is 35.5 Å². The number of aromatic nitrogens is 1. The third-order valence-corrected chi connectivity index (χ3v) is 5.57. The Balaban J connectivity index is 2.47. The largest absolute Gasteiger partial charge is 0.494 e. The number of halogens is 1. The molecule has 0 radical (unpaired) electrons. The van der Waals surface area contributed by atoms with Crippen molar-refractivity contribution in [2.45, 2.75) is 25.2 Å². The molecule has 0 aliphatic rings. The lowest BCUT2D eigenvalue weighted by Crippen LogP contribution is -2.32. The summed E-state index contributed by atoms with van der Waals surface area (Å²) in [4.78, 5) is 3.91. The van der Waals surface area contributed by atoms with Gasteiger partial charge in [0.05, 0.1) is 12.3 Å². The van der Waals surface area contributed by atoms with E-state index in [4.69, 9.17) is 10.5 Å². The molecule has 2 aromatic rings. The Kier molecular flexibility index (Phi) is 6.06. The number of rotatable bonds is 7. The van der Waals surface area contributed by atoms with Gasteiger partial charge in [-0.1, -0.05) is 6.92 Å². The van der Waals surface area contributed by atoms with Gasteiger partial charge in [-0.05, 0) is 59.6 Å². The second-order valence-electron chi connectivity index (χ2n) is 5.04. The summed E-state index contributed by atoms with van der Waals surface area (Å²) < 4.78 is 33.4. The van der Waals surface area contributed by atoms with E-state index in [9.17, 15) is 8.42 Å². The molecule has 2 N–H and O–H groups in total. The van der Waals surface area contributed by atoms with E-state index in [2.05, 4.69) is 20.9 Å². The van der Waals surface area contributed by atoms with Crippen LogP contribution >= 0.6 is 15.9 Å². The van der Waals surface area contributed by atoms with Gasteiger partial charge in [-0.25, -0.2) is 13.4 Å². The highest BCUT2D eigenvalue weighted by atomic mass is 79.9. The van der Waals surface area contributed by atoms with Crippen LogP contribution in [0.2, 0.25) is 0 Å². The van der Waals surface area contributed by atoms with Crippen LogP contribution < -0.4 is 14.8 Å². The molecule has 0 saturated heterocycles. The summed E-state index contributed by atoms with van der Waals surface area (Å²) in [5.74, 6) is 0.670. The molecule has 0 saturated carbocycles. The Labute approximate surface area is 150 Å². The first-order valence-corrected chi connectivity index (χ1v) is 9.80. The molecule has 2 rings (SSSR count). The summed E-state index contributed by atoms with van der Waals surface area (Å²) in [7, 11) is -3.82. The molecule has 0 unspecified atom stereocenters. The molecule has 1 heterocycles. The molecule has 0 bridgehead atoms. The first-order chi connectivity index (χ1) is 11.4. The van der Waals surface area contributed by atoms with Crippen molar-refractivity contribution >= 4 is 37.5 Å². The lowest BCUT2D eigenvalue weighted by atomic mass is 10.3. The smallest absolute Gasteiger partial charge is 0.268 e. The van der Waals surface area contributed by atoms with Gasteiger partial charge in [0, 0.05) is 17.2 Å². The Morgan fingerprint density at radius 3 is 2.50 bits per heavy atom. The fraction of sp³-hybridized carbons (Fsp3) is 0.312. The molecule has 0 aliphatic heterocycles. The number of nitrogens with two attached hydrogens (primary N) is 1. The van der Waals surface area contributed by atoms with Crippen molar-refractivity contribution in [2.75, 3.05) is 23.2 Å². The number of hydrogen-bond acceptors (Lipinski definition) is 5. The minimum atomic E-state index is -3.82. The molecule has 8 heteroatoms. The van der Waals surface area contributed by atoms with E-state index in [1.54, 1.807) is 24.3 Å². The zero-order valence-electron chi connectivity index (χ0n) is 13.6. The number of pyridine rings is 1. The molecule has 1 aromatic carbocycles. The first kappa shape index (κ1) is 18.5. The van der Waals surface area contributed by atoms with Crippen molar-refractivity contribution in [2.24, 2.45) is 0 Å². The monoisotopic (exact) mass is 413 g/mol. The van der Waals surface area contributed by atoms with E-state index in [0.717, 1.165) is 0 Å². The predicted octanol–water partition coefficient (Wildman–Crippen LogP) is 3.43. The SMILES string of the molecule is CCCN(c1ccc(OCC)cc1)S(=O)(=O)c1cc(Br)cnc1N. The van der Waals surface area contributed by atoms with E-state index < -0.39 is 10.0 Å². The van der Waals surface area contributed by atoms with Crippen LogP contribution in [0.4, 0.5) is 11.5 Å². The summed E-state index contributed by atoms with van der Waals surface area (Å²) in [5, 5.41) is 0. The molecular weight excluding hydrogens is 394 g/mol. The maximum Gasteiger partial charge on any atom is 0.268 e. The van der Waals surface area contributed by atoms with Crippen molar-refractivity contribution in [3.05, 3.63) is 41.0 Å². The van der Waals surface area contributed by atoms with Gasteiger partial charge in [0.25, 0.3) is 10.0 Å². The highest BCUT2D eigenvalue weighted by Gasteiger charge is 2.27. The van der Waals surface area contributed by atoms with Gasteiger partial charge in [-0.2, -0.15) is 0 Å². The summed E-state index contributed by atoms with van der Waals surface area (Å²) in [6.07, 6.45) is 2.13. The number of nitrogen functional groups attached to an aromatic ring is 1. The summed E-state index contributed by atoms with van der Waals surface area (Å²) >= 11 is 3.24. The number of sulfonamides is 1. The van der Waals surface area contributed by atoms with Gasteiger partial charge < -0.3 is 10.5 Å². The van der Waals surface area contributed by atoms with Crippen molar-refractivity contribution < 1.29 is 13.2 Å². The number of hydrogen-bond donors (Lipinski definition) is 1. The summed E-state index contributed by atoms with van der Waals surface area (Å²) in [6.45, 7) is 4.70. The van der Waals surface area contributed by atoms with Crippen molar-refractivity contribution in [1.29, 1.82) is 0 Å². The lowest BCUT2D eigenvalue weighted by Gasteiger charge is -2.24. The fourth-order valence-electron chi connectivity index (χ4n) is 2.22. The van der Waals surface area contributed by atoms with Crippen LogP contribution in [0.3, 0.4) is 0 Å². The third-order valence-electron chi connectivity index (χ3n) is 3.28. The molecule has 1 aromatic heterocycles. The molecule has 130 valence electrons. The maximum atomic E-state index is 13.1. The van der Waals surface area contributed by atoms with Crippen molar-refractivity contribution in [3.8, 4) is 5.75 Å². The number of nitrogens with zero attached hydrogens (tertiary/aromatic N) is 2. The van der Waals surface area contributed by atoms with Gasteiger partial charge in [0.15, 0.2) is 0 Å². The Bertz CT molecular complexity index is 795. The second kappa shape index (κ2) is 7.85. The molecule has 0 spiro atoms. The van der Waals surface area contributed by atoms with E-state index in [1.165, 1.54) is 16.6 Å². The standard InChI is InChI=1S/C16H20BrN3O3S/c1-3-9-20(13-5-7-14(8-6-13)23-4-2)24(21,22)15-10-12(17)11-19-16(15)18/h5-8,10-11H,3-4,9H2,1-2H3,(H2,18,19). The molecule has 0 atom stereocenters. The van der Waals surface area contributed by atoms with Crippen LogP contribution in [0.15, 0.2) is 45.9 Å². The Morgan fingerprint density at radius 1 is 1.25 bits per heavy atom. The van der Waals surface area contributed by atoms with Gasteiger partial charge >= 0.3 is 0 Å². The topological polar surface area (TPSA) is 85.5 Å². The third kappa shape index (κ3) is 3.99. The molecule has 0 amide bonds. The zero-order valence-corrected chi connectivity index (χ0v) is 16.0. The molecule has 24 heavy (non-hydrogen) atoms. The zero-order chi connectivity index (χ0) is 17.7. The summed E-state index contributed by atoms with van der Waals surface area (Å²) in [6, 6.07) is 8.41. The van der Waals surface area contributed by atoms with Gasteiger partial charge in [-0.3, -0.25) is 4.31 Å². The van der Waals surface area contributed by atoms with E-state index >= 15 is 0 Å². The number of benzene rings is 1. The van der Waals surface area contributed by atoms with Gasteiger partial charge in [-0.15, -0.1) is 0 Å². The van der Waals surface area contributed by atoms with Crippen LogP contribution in [0.25, 0.3) is 0 Å². The fourth-order valence-corrected chi connectivity index (χ4v) is 4.36. The van der Waals surface area contributed by atoms with Crippen LogP contribution in [0.1, 0.15) is 20.3 Å². The minimum Gasteiger partial charge on any atom is -0.494 e. The maximum absolute atomic E-state index is 13.1. The average molecular weight is 414 g/mol. The van der Waals surface area contributed by atoms with Crippen molar-refractivity contribution in [1.82, 2.24) is 4.98 Å². The molecule has 0 aliphatic carbocycles. The second-order valence-corrected chi connectivity index (χ2v) is 7.79. The number of anilines is 2. The Hall–Kier alpha value is -1.80. The van der Waals surface area contributed by atoms with Gasteiger partial charge in [0.2, 0.25) is 0 Å². The first-order valence-electron chi connectivity index (χ1n) is 7.56. The lowest BCUT2D eigenvalue weighted by molar-refractivity contribution is 0.340. The van der Waals surface area contributed by atoms with Crippen LogP contribution in [0, 0.1) is 0 Å². The quantitative estimate of drug-likeness (QED) is 0.750. The molecule has 6 nitrogen and oxygen atoms in total. The normalized spacial score (nSPS) is 11.3. The summed E-state index contributed by atoms with van der Waals surface area (Å²) in [5.41, 5.74) is 6.35.